The molecule has 0 radical (unpaired) electrons. The molecule has 2 nitrogen and oxygen atoms in total. The highest BCUT2D eigenvalue weighted by Gasteiger charge is 2.28. The van der Waals surface area contributed by atoms with Crippen LogP contribution in [0.15, 0.2) is 18.3 Å². The Hall–Kier alpha value is -1.15. The molecule has 1 heterocycles. The quantitative estimate of drug-likeness (QED) is 0.412. The Bertz CT molecular complexity index is 743. The molecule has 0 bridgehead atoms. The number of benzene rings is 1. The van der Waals surface area contributed by atoms with Crippen molar-refractivity contribution in [1.82, 2.24) is 9.97 Å². The average molecular weight is 389 g/mol. The first-order valence-corrected chi connectivity index (χ1v) is 11.1. The van der Waals surface area contributed by atoms with Crippen molar-refractivity contribution in [2.45, 2.75) is 104 Å². The molecular formula is C24H37ClN2. The van der Waals surface area contributed by atoms with E-state index < -0.39 is 0 Å². The van der Waals surface area contributed by atoms with Crippen LogP contribution >= 0.6 is 11.6 Å². The van der Waals surface area contributed by atoms with Gasteiger partial charge >= 0.3 is 0 Å². The number of fused-ring (bicyclic) bond motifs is 1. The lowest BCUT2D eigenvalue weighted by Gasteiger charge is -2.31. The van der Waals surface area contributed by atoms with Gasteiger partial charge in [-0.1, -0.05) is 85.2 Å². The molecule has 0 saturated heterocycles. The predicted octanol–water partition coefficient (Wildman–Crippen LogP) is 8.00. The van der Waals surface area contributed by atoms with E-state index in [-0.39, 0.29) is 10.8 Å². The van der Waals surface area contributed by atoms with Gasteiger partial charge in [0, 0.05) is 11.6 Å². The first-order chi connectivity index (χ1) is 12.8. The summed E-state index contributed by atoms with van der Waals surface area (Å²) in [7, 11) is 0. The third kappa shape index (κ3) is 5.22. The Labute approximate surface area is 171 Å². The average Bonchev–Trinajstić information content (AvgIpc) is 2.64. The number of unbranched alkanes of at least 4 members (excludes halogenated alkanes) is 2. The molecule has 0 N–H and O–H groups in total. The summed E-state index contributed by atoms with van der Waals surface area (Å²) in [5, 5.41) is 0.739. The molecule has 1 aromatic heterocycles. The van der Waals surface area contributed by atoms with Crippen LogP contribution in [-0.2, 0) is 10.8 Å². The van der Waals surface area contributed by atoms with Crippen LogP contribution in [0.2, 0.25) is 5.02 Å². The maximum absolute atomic E-state index is 6.73. The molecule has 2 rings (SSSR count). The molecule has 0 saturated carbocycles. The van der Waals surface area contributed by atoms with Gasteiger partial charge < -0.3 is 0 Å². The van der Waals surface area contributed by atoms with E-state index in [9.17, 15) is 0 Å². The summed E-state index contributed by atoms with van der Waals surface area (Å²) in [4.78, 5) is 9.70. The largest absolute Gasteiger partial charge is 0.253 e. The highest BCUT2D eigenvalue weighted by Crippen LogP contribution is 2.38. The normalized spacial score (nSPS) is 12.7. The van der Waals surface area contributed by atoms with Gasteiger partial charge in [0.1, 0.15) is 5.52 Å². The minimum absolute atomic E-state index is 0.0225. The molecule has 2 aromatic rings. The van der Waals surface area contributed by atoms with E-state index in [0.717, 1.165) is 34.6 Å². The Balaban J connectivity index is 2.48. The molecule has 0 fully saturated rings. The fourth-order valence-electron chi connectivity index (χ4n) is 4.05. The van der Waals surface area contributed by atoms with Crippen molar-refractivity contribution in [2.24, 2.45) is 0 Å². The molecule has 0 aliphatic carbocycles. The zero-order chi connectivity index (χ0) is 20.1. The first-order valence-electron chi connectivity index (χ1n) is 10.7. The van der Waals surface area contributed by atoms with Gasteiger partial charge in [-0.3, -0.25) is 4.98 Å². The van der Waals surface area contributed by atoms with Gasteiger partial charge in [0.05, 0.1) is 16.2 Å². The molecule has 0 aliphatic rings. The summed E-state index contributed by atoms with van der Waals surface area (Å²) in [6, 6.07) is 4.39. The summed E-state index contributed by atoms with van der Waals surface area (Å²) < 4.78 is 0. The predicted molar refractivity (Wildman–Crippen MR) is 119 cm³/mol. The number of hydrogen-bond acceptors (Lipinski definition) is 2. The van der Waals surface area contributed by atoms with Gasteiger partial charge in [-0.05, 0) is 42.4 Å². The third-order valence-corrected chi connectivity index (χ3v) is 6.32. The van der Waals surface area contributed by atoms with E-state index in [4.69, 9.17) is 21.6 Å². The molecule has 0 amide bonds. The molecule has 0 aliphatic heterocycles. The molecular weight excluding hydrogens is 352 g/mol. The lowest BCUT2D eigenvalue weighted by Crippen LogP contribution is -2.22. The van der Waals surface area contributed by atoms with Crippen molar-refractivity contribution >= 4 is 22.6 Å². The van der Waals surface area contributed by atoms with Crippen molar-refractivity contribution in [3.63, 3.8) is 0 Å². The monoisotopic (exact) mass is 388 g/mol. The van der Waals surface area contributed by atoms with Crippen LogP contribution in [0.25, 0.3) is 11.0 Å². The molecule has 27 heavy (non-hydrogen) atoms. The van der Waals surface area contributed by atoms with E-state index in [1.807, 2.05) is 6.20 Å². The zero-order valence-electron chi connectivity index (χ0n) is 18.2. The second kappa shape index (κ2) is 9.37. The maximum atomic E-state index is 6.73. The minimum atomic E-state index is 0.0225. The molecule has 0 unspecified atom stereocenters. The molecule has 1 aromatic carbocycles. The van der Waals surface area contributed by atoms with Gasteiger partial charge in [-0.2, -0.15) is 0 Å². The summed E-state index contributed by atoms with van der Waals surface area (Å²) in [6.45, 7) is 13.6. The third-order valence-electron chi connectivity index (χ3n) is 6.03. The zero-order valence-corrected chi connectivity index (χ0v) is 18.9. The van der Waals surface area contributed by atoms with E-state index in [0.29, 0.717) is 0 Å². The lowest BCUT2D eigenvalue weighted by molar-refractivity contribution is 0.374. The van der Waals surface area contributed by atoms with Gasteiger partial charge in [-0.25, -0.2) is 4.98 Å². The fourth-order valence-corrected chi connectivity index (χ4v) is 4.31. The summed E-state index contributed by atoms with van der Waals surface area (Å²) in [6.07, 6.45) is 11.5. The van der Waals surface area contributed by atoms with Crippen LogP contribution in [0.5, 0.6) is 0 Å². The second-order valence-electron chi connectivity index (χ2n) is 8.98. The van der Waals surface area contributed by atoms with Crippen molar-refractivity contribution in [3.05, 3.63) is 34.6 Å². The van der Waals surface area contributed by atoms with E-state index >= 15 is 0 Å². The number of nitrogens with zero attached hydrogens (tertiary/aromatic N) is 2. The molecule has 150 valence electrons. The topological polar surface area (TPSA) is 25.8 Å². The van der Waals surface area contributed by atoms with Crippen molar-refractivity contribution in [1.29, 1.82) is 0 Å². The van der Waals surface area contributed by atoms with Gasteiger partial charge in [0.15, 0.2) is 0 Å². The molecule has 3 heteroatoms. The Morgan fingerprint density at radius 2 is 1.52 bits per heavy atom. The van der Waals surface area contributed by atoms with Crippen LogP contribution in [0.4, 0.5) is 0 Å². The van der Waals surface area contributed by atoms with Crippen molar-refractivity contribution < 1.29 is 0 Å². The first kappa shape index (κ1) is 22.1. The fraction of sp³-hybridized carbons (Fsp3) is 0.667. The van der Waals surface area contributed by atoms with E-state index in [2.05, 4.69) is 53.7 Å². The minimum Gasteiger partial charge on any atom is -0.253 e. The number of hydrogen-bond donors (Lipinski definition) is 0. The van der Waals surface area contributed by atoms with Gasteiger partial charge in [0.2, 0.25) is 0 Å². The lowest BCUT2D eigenvalue weighted by atomic mass is 9.74. The molecule has 0 atom stereocenters. The Morgan fingerprint density at radius 1 is 0.889 bits per heavy atom. The van der Waals surface area contributed by atoms with Crippen LogP contribution in [0.3, 0.4) is 0 Å². The highest BCUT2D eigenvalue weighted by molar-refractivity contribution is 6.35. The summed E-state index contributed by atoms with van der Waals surface area (Å²) in [5.74, 6) is 0. The smallest absolute Gasteiger partial charge is 0.108 e. The van der Waals surface area contributed by atoms with Crippen LogP contribution in [0.1, 0.15) is 104 Å². The standard InChI is InChI=1S/C24H37ClN2/c1-7-10-13-24(6,14-11-8-2)18-15-19(25)22-20(16-18)26-17-21(27-22)23(4,5)12-9-3/h15-17H,7-14H2,1-6H3. The Morgan fingerprint density at radius 3 is 2.07 bits per heavy atom. The van der Waals surface area contributed by atoms with Crippen LogP contribution in [-0.4, -0.2) is 9.97 Å². The van der Waals surface area contributed by atoms with Crippen LogP contribution < -0.4 is 0 Å². The van der Waals surface area contributed by atoms with Crippen molar-refractivity contribution in [3.8, 4) is 0 Å². The molecule has 0 spiro atoms. The number of halogens is 1. The summed E-state index contributed by atoms with van der Waals surface area (Å²) in [5.41, 5.74) is 4.30. The number of aromatic nitrogens is 2. The maximum Gasteiger partial charge on any atom is 0.108 e. The van der Waals surface area contributed by atoms with Gasteiger partial charge in [-0.15, -0.1) is 0 Å². The number of rotatable bonds is 10. The Kier molecular flexibility index (Phi) is 7.68. The van der Waals surface area contributed by atoms with E-state index in [1.165, 1.54) is 44.1 Å². The van der Waals surface area contributed by atoms with Crippen LogP contribution in [0, 0.1) is 0 Å². The second-order valence-corrected chi connectivity index (χ2v) is 9.39. The summed E-state index contributed by atoms with van der Waals surface area (Å²) >= 11 is 6.73. The SMILES string of the molecule is CCCCC(C)(CCCC)c1cc(Cl)c2nc(C(C)(C)CCC)cnc2c1. The highest BCUT2D eigenvalue weighted by atomic mass is 35.5. The van der Waals surface area contributed by atoms with Gasteiger partial charge in [0.25, 0.3) is 0 Å². The van der Waals surface area contributed by atoms with E-state index in [1.54, 1.807) is 0 Å². The van der Waals surface area contributed by atoms with Crippen molar-refractivity contribution in [2.75, 3.05) is 0 Å².